The maximum Gasteiger partial charge on any atom is 0.224 e. The highest BCUT2D eigenvalue weighted by Crippen LogP contribution is 2.22. The highest BCUT2D eigenvalue weighted by molar-refractivity contribution is 5.76. The molecule has 6 nitrogen and oxygen atoms in total. The molecule has 0 bridgehead atoms. The second-order valence-corrected chi connectivity index (χ2v) is 5.43. The number of nitrogens with zero attached hydrogens (tertiary/aromatic N) is 3. The van der Waals surface area contributed by atoms with Crippen molar-refractivity contribution >= 4 is 5.91 Å². The molecule has 106 valence electrons. The van der Waals surface area contributed by atoms with Gasteiger partial charge in [-0.25, -0.2) is 0 Å². The molecule has 0 saturated carbocycles. The molecule has 1 aliphatic rings. The van der Waals surface area contributed by atoms with E-state index < -0.39 is 11.7 Å². The number of amides is 1. The Kier molecular flexibility index (Phi) is 3.91. The number of aliphatic hydroxyl groups is 2. The van der Waals surface area contributed by atoms with E-state index in [2.05, 4.69) is 5.10 Å². The smallest absolute Gasteiger partial charge is 0.224 e. The predicted octanol–water partition coefficient (Wildman–Crippen LogP) is -0.0742. The molecule has 1 aliphatic heterocycles. The van der Waals surface area contributed by atoms with Crippen molar-refractivity contribution in [3.05, 3.63) is 18.0 Å². The zero-order chi connectivity index (χ0) is 14.0. The second-order valence-electron chi connectivity index (χ2n) is 5.43. The molecule has 0 aromatic carbocycles. The van der Waals surface area contributed by atoms with Crippen molar-refractivity contribution in [3.63, 3.8) is 0 Å². The molecule has 1 fully saturated rings. The average molecular weight is 267 g/mol. The van der Waals surface area contributed by atoms with Crippen molar-refractivity contribution in [3.8, 4) is 0 Å². The van der Waals surface area contributed by atoms with E-state index >= 15 is 0 Å². The van der Waals surface area contributed by atoms with Crippen LogP contribution in [0.3, 0.4) is 0 Å². The van der Waals surface area contributed by atoms with Gasteiger partial charge in [-0.1, -0.05) is 0 Å². The van der Waals surface area contributed by atoms with Gasteiger partial charge in [0.25, 0.3) is 0 Å². The number of hydrogen-bond donors (Lipinski definition) is 2. The van der Waals surface area contributed by atoms with E-state index in [1.807, 2.05) is 19.2 Å². The minimum Gasteiger partial charge on any atom is -0.388 e. The summed E-state index contributed by atoms with van der Waals surface area (Å²) in [4.78, 5) is 13.6. The fourth-order valence-corrected chi connectivity index (χ4v) is 2.21. The second kappa shape index (κ2) is 5.30. The van der Waals surface area contributed by atoms with Crippen LogP contribution >= 0.6 is 0 Å². The zero-order valence-electron chi connectivity index (χ0n) is 11.4. The van der Waals surface area contributed by atoms with Crippen LogP contribution in [0.15, 0.2) is 12.3 Å². The summed E-state index contributed by atoms with van der Waals surface area (Å²) in [6.45, 7) is 4.73. The van der Waals surface area contributed by atoms with Crippen molar-refractivity contribution < 1.29 is 15.0 Å². The Morgan fingerprint density at radius 3 is 2.95 bits per heavy atom. The van der Waals surface area contributed by atoms with Gasteiger partial charge in [0.15, 0.2) is 0 Å². The minimum atomic E-state index is -1.09. The summed E-state index contributed by atoms with van der Waals surface area (Å²) in [6.07, 6.45) is 1.73. The van der Waals surface area contributed by atoms with Crippen LogP contribution in [0.4, 0.5) is 0 Å². The lowest BCUT2D eigenvalue weighted by molar-refractivity contribution is -0.146. The SMILES string of the molecule is Cc1ccn(CCC(=O)N2CC[C@@](C)(O)[C@@H](O)C2)n1. The fraction of sp³-hybridized carbons (Fsp3) is 0.692. The number of piperidine rings is 1. The van der Waals surface area contributed by atoms with Crippen molar-refractivity contribution in [1.29, 1.82) is 0 Å². The summed E-state index contributed by atoms with van der Waals surface area (Å²) in [6, 6.07) is 1.90. The lowest BCUT2D eigenvalue weighted by Crippen LogP contribution is -2.55. The number of hydrogen-bond acceptors (Lipinski definition) is 4. The van der Waals surface area contributed by atoms with Crippen LogP contribution in [-0.4, -0.2) is 55.6 Å². The Balaban J connectivity index is 1.84. The van der Waals surface area contributed by atoms with Gasteiger partial charge in [-0.15, -0.1) is 0 Å². The van der Waals surface area contributed by atoms with Crippen LogP contribution < -0.4 is 0 Å². The molecule has 2 atom stereocenters. The van der Waals surface area contributed by atoms with E-state index in [4.69, 9.17) is 0 Å². The van der Waals surface area contributed by atoms with Crippen molar-refractivity contribution in [2.24, 2.45) is 0 Å². The molecule has 0 radical (unpaired) electrons. The molecule has 1 aromatic rings. The number of likely N-dealkylation sites (tertiary alicyclic amines) is 1. The van der Waals surface area contributed by atoms with Crippen LogP contribution in [0.2, 0.25) is 0 Å². The standard InChI is InChI=1S/C13H21N3O3/c1-10-3-6-16(14-10)7-4-12(18)15-8-5-13(2,19)11(17)9-15/h3,6,11,17,19H,4-5,7-9H2,1-2H3/t11-,13+/m0/s1. The first-order chi connectivity index (χ1) is 8.88. The first-order valence-corrected chi connectivity index (χ1v) is 6.57. The number of aliphatic hydroxyl groups excluding tert-OH is 1. The topological polar surface area (TPSA) is 78.6 Å². The normalized spacial score (nSPS) is 27.6. The Bertz CT molecular complexity index is 456. The van der Waals surface area contributed by atoms with Crippen molar-refractivity contribution in [2.45, 2.75) is 44.9 Å². The largest absolute Gasteiger partial charge is 0.388 e. The van der Waals surface area contributed by atoms with Crippen LogP contribution in [0.1, 0.15) is 25.5 Å². The number of carbonyl (C=O) groups excluding carboxylic acids is 1. The maximum atomic E-state index is 12.0. The summed E-state index contributed by atoms with van der Waals surface area (Å²) in [5, 5.41) is 23.9. The van der Waals surface area contributed by atoms with E-state index in [0.717, 1.165) is 5.69 Å². The first-order valence-electron chi connectivity index (χ1n) is 6.57. The lowest BCUT2D eigenvalue weighted by Gasteiger charge is -2.39. The minimum absolute atomic E-state index is 0.0114. The molecule has 2 rings (SSSR count). The predicted molar refractivity (Wildman–Crippen MR) is 69.4 cm³/mol. The van der Waals surface area contributed by atoms with Crippen LogP contribution in [-0.2, 0) is 11.3 Å². The maximum absolute atomic E-state index is 12.0. The summed E-state index contributed by atoms with van der Waals surface area (Å²) < 4.78 is 1.74. The average Bonchev–Trinajstić information content (AvgIpc) is 2.76. The third kappa shape index (κ3) is 3.33. The summed E-state index contributed by atoms with van der Waals surface area (Å²) in [5.74, 6) is -0.0114. The van der Waals surface area contributed by atoms with Gasteiger partial charge >= 0.3 is 0 Å². The number of aromatic nitrogens is 2. The summed E-state index contributed by atoms with van der Waals surface area (Å²) in [5.41, 5.74) is -0.160. The highest BCUT2D eigenvalue weighted by Gasteiger charge is 2.37. The van der Waals surface area contributed by atoms with E-state index in [-0.39, 0.29) is 12.5 Å². The quantitative estimate of drug-likeness (QED) is 0.803. The number of rotatable bonds is 3. The molecule has 1 amide bonds. The van der Waals surface area contributed by atoms with E-state index in [1.165, 1.54) is 0 Å². The van der Waals surface area contributed by atoms with E-state index in [0.29, 0.717) is 25.9 Å². The van der Waals surface area contributed by atoms with Crippen LogP contribution in [0.25, 0.3) is 0 Å². The summed E-state index contributed by atoms with van der Waals surface area (Å²) in [7, 11) is 0. The molecule has 2 heterocycles. The Labute approximate surface area is 112 Å². The molecule has 19 heavy (non-hydrogen) atoms. The monoisotopic (exact) mass is 267 g/mol. The third-order valence-corrected chi connectivity index (χ3v) is 3.68. The molecule has 2 N–H and O–H groups in total. The molecule has 1 saturated heterocycles. The van der Waals surface area contributed by atoms with E-state index in [9.17, 15) is 15.0 Å². The van der Waals surface area contributed by atoms with Crippen molar-refractivity contribution in [1.82, 2.24) is 14.7 Å². The van der Waals surface area contributed by atoms with Crippen molar-refractivity contribution in [2.75, 3.05) is 13.1 Å². The highest BCUT2D eigenvalue weighted by atomic mass is 16.3. The number of β-amino-alcohol motifs (C(OH)–C–C–N with tert-alkyl or cyclic N) is 1. The van der Waals surface area contributed by atoms with Gasteiger partial charge in [-0.2, -0.15) is 5.10 Å². The van der Waals surface area contributed by atoms with Gasteiger partial charge in [0.2, 0.25) is 5.91 Å². The molecular formula is C13H21N3O3. The van der Waals surface area contributed by atoms with Gasteiger partial charge in [0.05, 0.1) is 17.4 Å². The summed E-state index contributed by atoms with van der Waals surface area (Å²) >= 11 is 0. The Hall–Kier alpha value is -1.40. The van der Waals surface area contributed by atoms with Crippen LogP contribution in [0.5, 0.6) is 0 Å². The molecular weight excluding hydrogens is 246 g/mol. The zero-order valence-corrected chi connectivity index (χ0v) is 11.4. The van der Waals surface area contributed by atoms with Gasteiger partial charge < -0.3 is 15.1 Å². The molecule has 1 aromatic heterocycles. The fourth-order valence-electron chi connectivity index (χ4n) is 2.21. The number of aryl methyl sites for hydroxylation is 2. The van der Waals surface area contributed by atoms with Gasteiger partial charge in [0.1, 0.15) is 0 Å². The van der Waals surface area contributed by atoms with Gasteiger partial charge in [0, 0.05) is 32.3 Å². The third-order valence-electron chi connectivity index (χ3n) is 3.68. The van der Waals surface area contributed by atoms with Crippen LogP contribution in [0, 0.1) is 6.92 Å². The van der Waals surface area contributed by atoms with Gasteiger partial charge in [-0.05, 0) is 26.3 Å². The first kappa shape index (κ1) is 14.0. The molecule has 0 spiro atoms. The lowest BCUT2D eigenvalue weighted by atomic mass is 9.90. The molecule has 0 aliphatic carbocycles. The Morgan fingerprint density at radius 1 is 1.63 bits per heavy atom. The molecule has 0 unspecified atom stereocenters. The molecule has 6 heteroatoms. The van der Waals surface area contributed by atoms with E-state index in [1.54, 1.807) is 16.5 Å². The van der Waals surface area contributed by atoms with Gasteiger partial charge in [-0.3, -0.25) is 9.48 Å². The Morgan fingerprint density at radius 2 is 2.37 bits per heavy atom. The number of carbonyl (C=O) groups is 1.